The van der Waals surface area contributed by atoms with Crippen molar-refractivity contribution in [1.29, 1.82) is 0 Å². The third kappa shape index (κ3) is 5.41. The molecule has 0 radical (unpaired) electrons. The largest absolute Gasteiger partial charge is 0.461 e. The average Bonchev–Trinajstić information content (AvgIpc) is 3.16. The Morgan fingerprint density at radius 2 is 1.58 bits per heavy atom. The number of carbonyl (C=O) groups is 2. The van der Waals surface area contributed by atoms with Gasteiger partial charge in [-0.25, -0.2) is 4.79 Å². The molecule has 0 aliphatic carbocycles. The quantitative estimate of drug-likeness (QED) is 0.365. The lowest BCUT2D eigenvalue weighted by molar-refractivity contribution is -0.166. The van der Waals surface area contributed by atoms with E-state index in [0.29, 0.717) is 5.57 Å². The molecule has 1 fully saturated rings. The Kier molecular flexibility index (Phi) is 7.06. The molecule has 1 aliphatic rings. The van der Waals surface area contributed by atoms with Crippen LogP contribution in [0.1, 0.15) is 29.0 Å². The first-order valence-electron chi connectivity index (χ1n) is 10.6. The van der Waals surface area contributed by atoms with Gasteiger partial charge in [-0.05, 0) is 34.9 Å². The first-order valence-corrected chi connectivity index (χ1v) is 11.4. The molecule has 0 amide bonds. The Morgan fingerprint density at radius 3 is 2.12 bits per heavy atom. The zero-order valence-corrected chi connectivity index (χ0v) is 19.4. The zero-order chi connectivity index (χ0) is 23.3. The highest BCUT2D eigenvalue weighted by Gasteiger charge is 2.45. The number of ether oxygens (including phenoxy) is 2. The molecule has 0 bridgehead atoms. The molecule has 5 nitrogen and oxygen atoms in total. The third-order valence-electron chi connectivity index (χ3n) is 5.56. The number of aliphatic hydroxyl groups is 1. The minimum absolute atomic E-state index is 0.146. The summed E-state index contributed by atoms with van der Waals surface area (Å²) in [6.45, 7) is -0.688. The van der Waals surface area contributed by atoms with E-state index in [1.807, 2.05) is 84.9 Å². The Labute approximate surface area is 200 Å². The minimum Gasteiger partial charge on any atom is -0.461 e. The topological polar surface area (TPSA) is 72.8 Å². The van der Waals surface area contributed by atoms with Crippen molar-refractivity contribution in [2.24, 2.45) is 0 Å². The zero-order valence-electron chi connectivity index (χ0n) is 17.8. The smallest absolute Gasteiger partial charge is 0.334 e. The third-order valence-corrected chi connectivity index (χ3v) is 6.09. The highest BCUT2D eigenvalue weighted by atomic mass is 79.9. The van der Waals surface area contributed by atoms with E-state index in [9.17, 15) is 14.7 Å². The van der Waals surface area contributed by atoms with Crippen molar-refractivity contribution < 1.29 is 24.2 Å². The van der Waals surface area contributed by atoms with E-state index in [0.717, 1.165) is 21.2 Å². The molecule has 1 unspecified atom stereocenters. The van der Waals surface area contributed by atoms with Crippen LogP contribution >= 0.6 is 15.9 Å². The molecule has 33 heavy (non-hydrogen) atoms. The van der Waals surface area contributed by atoms with Gasteiger partial charge < -0.3 is 14.6 Å². The van der Waals surface area contributed by atoms with Crippen LogP contribution in [0.25, 0.3) is 6.08 Å². The van der Waals surface area contributed by atoms with Crippen LogP contribution in [0, 0.1) is 0 Å². The standard InChI is InChI=1S/C27H23BrO5/c28-23-13-11-19(12-14-23)15-22-16-27(17-29,33-25(22)30)18-32-26(31)24(20-7-3-1-4-8-20)21-9-5-2-6-10-21/h1-15,24,29H,16-18H2/b22-15+. The summed E-state index contributed by atoms with van der Waals surface area (Å²) < 4.78 is 12.1. The average molecular weight is 507 g/mol. The van der Waals surface area contributed by atoms with Crippen LogP contribution in [0.5, 0.6) is 0 Å². The van der Waals surface area contributed by atoms with Crippen molar-refractivity contribution in [3.63, 3.8) is 0 Å². The van der Waals surface area contributed by atoms with E-state index in [2.05, 4.69) is 15.9 Å². The van der Waals surface area contributed by atoms with Crippen molar-refractivity contribution in [2.75, 3.05) is 13.2 Å². The van der Waals surface area contributed by atoms with E-state index in [-0.39, 0.29) is 13.0 Å². The van der Waals surface area contributed by atoms with Crippen LogP contribution in [0.15, 0.2) is 95.0 Å². The first kappa shape index (κ1) is 23.0. The number of aliphatic hydroxyl groups excluding tert-OH is 1. The summed E-state index contributed by atoms with van der Waals surface area (Å²) in [5, 5.41) is 10.0. The van der Waals surface area contributed by atoms with Gasteiger partial charge in [-0.2, -0.15) is 0 Å². The lowest BCUT2D eigenvalue weighted by atomic mass is 9.91. The van der Waals surface area contributed by atoms with E-state index < -0.39 is 30.1 Å². The maximum absolute atomic E-state index is 13.2. The molecule has 3 aromatic carbocycles. The number of benzene rings is 3. The summed E-state index contributed by atoms with van der Waals surface area (Å²) in [5.41, 5.74) is 1.55. The maximum Gasteiger partial charge on any atom is 0.334 e. The van der Waals surface area contributed by atoms with Crippen LogP contribution in [-0.4, -0.2) is 35.9 Å². The first-order chi connectivity index (χ1) is 16.0. The van der Waals surface area contributed by atoms with Gasteiger partial charge in [0.05, 0.1) is 6.61 Å². The van der Waals surface area contributed by atoms with E-state index in [1.54, 1.807) is 6.08 Å². The van der Waals surface area contributed by atoms with Gasteiger partial charge in [-0.3, -0.25) is 4.79 Å². The van der Waals surface area contributed by atoms with E-state index in [1.165, 1.54) is 0 Å². The Balaban J connectivity index is 1.52. The lowest BCUT2D eigenvalue weighted by Gasteiger charge is -2.26. The maximum atomic E-state index is 13.2. The molecule has 1 saturated heterocycles. The summed E-state index contributed by atoms with van der Waals surface area (Å²) in [6.07, 6.45) is 1.87. The number of carbonyl (C=O) groups excluding carboxylic acids is 2. The van der Waals surface area contributed by atoms with Crippen LogP contribution in [0.3, 0.4) is 0 Å². The molecule has 3 aromatic rings. The Hall–Kier alpha value is -3.22. The molecule has 0 aromatic heterocycles. The molecule has 1 N–H and O–H groups in total. The molecule has 1 heterocycles. The molecule has 1 aliphatic heterocycles. The molecular weight excluding hydrogens is 484 g/mol. The van der Waals surface area contributed by atoms with Gasteiger partial charge >= 0.3 is 11.9 Å². The molecule has 0 saturated carbocycles. The highest BCUT2D eigenvalue weighted by Crippen LogP contribution is 2.34. The van der Waals surface area contributed by atoms with Crippen LogP contribution in [0.2, 0.25) is 0 Å². The summed E-state index contributed by atoms with van der Waals surface area (Å²) in [6, 6.07) is 26.2. The summed E-state index contributed by atoms with van der Waals surface area (Å²) >= 11 is 3.38. The van der Waals surface area contributed by atoms with E-state index >= 15 is 0 Å². The second kappa shape index (κ2) is 10.1. The fraction of sp³-hybridized carbons (Fsp3) is 0.185. The summed E-state index contributed by atoms with van der Waals surface area (Å²) in [7, 11) is 0. The summed E-state index contributed by atoms with van der Waals surface area (Å²) in [5.74, 6) is -1.62. The fourth-order valence-corrected chi connectivity index (χ4v) is 4.11. The molecule has 4 rings (SSSR count). The number of halogens is 1. The summed E-state index contributed by atoms with van der Waals surface area (Å²) in [4.78, 5) is 25.7. The SMILES string of the molecule is O=C1OC(CO)(COC(=O)C(c2ccccc2)c2ccccc2)C/C1=C\c1ccc(Br)cc1. The van der Waals surface area contributed by atoms with Gasteiger partial charge in [0.15, 0.2) is 5.60 Å². The number of esters is 2. The molecular formula is C27H23BrO5. The van der Waals surface area contributed by atoms with Crippen molar-refractivity contribution in [2.45, 2.75) is 17.9 Å². The number of cyclic esters (lactones) is 1. The van der Waals surface area contributed by atoms with Gasteiger partial charge in [0.2, 0.25) is 0 Å². The predicted octanol–water partition coefficient (Wildman–Crippen LogP) is 4.89. The Morgan fingerprint density at radius 1 is 1.00 bits per heavy atom. The van der Waals surface area contributed by atoms with Crippen LogP contribution in [-0.2, 0) is 19.1 Å². The Bertz CT molecular complexity index is 1100. The predicted molar refractivity (Wildman–Crippen MR) is 128 cm³/mol. The molecule has 0 spiro atoms. The van der Waals surface area contributed by atoms with Crippen molar-refractivity contribution >= 4 is 33.9 Å². The van der Waals surface area contributed by atoms with Crippen molar-refractivity contribution in [3.8, 4) is 0 Å². The molecule has 1 atom stereocenters. The normalized spacial score (nSPS) is 19.0. The van der Waals surface area contributed by atoms with Gasteiger partial charge in [-0.1, -0.05) is 88.7 Å². The minimum atomic E-state index is -1.30. The second-order valence-electron chi connectivity index (χ2n) is 7.99. The number of hydrogen-bond acceptors (Lipinski definition) is 5. The monoisotopic (exact) mass is 506 g/mol. The van der Waals surface area contributed by atoms with Gasteiger partial charge in [0, 0.05) is 16.5 Å². The number of rotatable bonds is 7. The second-order valence-corrected chi connectivity index (χ2v) is 8.91. The van der Waals surface area contributed by atoms with Gasteiger partial charge in [-0.15, -0.1) is 0 Å². The van der Waals surface area contributed by atoms with Gasteiger partial charge in [0.25, 0.3) is 0 Å². The highest BCUT2D eigenvalue weighted by molar-refractivity contribution is 9.10. The van der Waals surface area contributed by atoms with E-state index in [4.69, 9.17) is 9.47 Å². The van der Waals surface area contributed by atoms with Crippen LogP contribution < -0.4 is 0 Å². The van der Waals surface area contributed by atoms with Crippen molar-refractivity contribution in [3.05, 3.63) is 112 Å². The number of hydrogen-bond donors (Lipinski definition) is 1. The van der Waals surface area contributed by atoms with Crippen molar-refractivity contribution in [1.82, 2.24) is 0 Å². The molecule has 6 heteroatoms. The lowest BCUT2D eigenvalue weighted by Crippen LogP contribution is -2.40. The van der Waals surface area contributed by atoms with Gasteiger partial charge in [0.1, 0.15) is 12.5 Å². The fourth-order valence-electron chi connectivity index (χ4n) is 3.84. The van der Waals surface area contributed by atoms with Crippen LogP contribution in [0.4, 0.5) is 0 Å². The molecule has 168 valence electrons.